The Morgan fingerprint density at radius 3 is 2.57 bits per heavy atom. The topological polar surface area (TPSA) is 95.7 Å². The Morgan fingerprint density at radius 2 is 2.04 bits per heavy atom. The lowest BCUT2D eigenvalue weighted by atomic mass is 9.96. The fourth-order valence-electron chi connectivity index (χ4n) is 2.14. The standard InChI is InChI=1S/C16H25N3O4/c1-12-6-7-13(19(22)23)10-14(12)17-15(21)18(8-5-9-20)11-16(2,3)4/h6-7,10,20H,5,8-9,11H2,1-4H3,(H,17,21). The molecule has 2 amide bonds. The van der Waals surface area contributed by atoms with E-state index in [-0.39, 0.29) is 23.7 Å². The minimum Gasteiger partial charge on any atom is -0.396 e. The number of carbonyl (C=O) groups is 1. The van der Waals surface area contributed by atoms with Crippen molar-refractivity contribution < 1.29 is 14.8 Å². The van der Waals surface area contributed by atoms with Gasteiger partial charge in [0.2, 0.25) is 0 Å². The number of aliphatic hydroxyl groups excluding tert-OH is 1. The average molecular weight is 323 g/mol. The molecule has 0 saturated carbocycles. The molecular weight excluding hydrogens is 298 g/mol. The van der Waals surface area contributed by atoms with Crippen molar-refractivity contribution in [1.82, 2.24) is 4.90 Å². The third kappa shape index (κ3) is 6.23. The molecule has 0 bridgehead atoms. The van der Waals surface area contributed by atoms with Gasteiger partial charge in [0.25, 0.3) is 5.69 Å². The number of nitro benzene ring substituents is 1. The first kappa shape index (κ1) is 18.9. The van der Waals surface area contributed by atoms with Crippen molar-refractivity contribution in [2.75, 3.05) is 25.0 Å². The third-order valence-electron chi connectivity index (χ3n) is 3.21. The third-order valence-corrected chi connectivity index (χ3v) is 3.21. The largest absolute Gasteiger partial charge is 0.396 e. The highest BCUT2D eigenvalue weighted by atomic mass is 16.6. The van der Waals surface area contributed by atoms with Crippen LogP contribution < -0.4 is 5.32 Å². The van der Waals surface area contributed by atoms with Crippen molar-refractivity contribution in [2.24, 2.45) is 5.41 Å². The summed E-state index contributed by atoms with van der Waals surface area (Å²) in [6.45, 7) is 8.78. The highest BCUT2D eigenvalue weighted by Crippen LogP contribution is 2.23. The molecule has 7 heteroatoms. The minimum atomic E-state index is -0.492. The van der Waals surface area contributed by atoms with Gasteiger partial charge >= 0.3 is 6.03 Å². The van der Waals surface area contributed by atoms with E-state index in [4.69, 9.17) is 5.11 Å². The Kier molecular flexibility index (Phi) is 6.50. The molecule has 0 aliphatic heterocycles. The molecule has 0 fully saturated rings. The van der Waals surface area contributed by atoms with Crippen LogP contribution in [-0.2, 0) is 0 Å². The molecule has 7 nitrogen and oxygen atoms in total. The first-order valence-corrected chi connectivity index (χ1v) is 7.56. The number of carbonyl (C=O) groups excluding carboxylic acids is 1. The van der Waals surface area contributed by atoms with E-state index in [0.717, 1.165) is 5.56 Å². The van der Waals surface area contributed by atoms with Gasteiger partial charge < -0.3 is 15.3 Å². The van der Waals surface area contributed by atoms with E-state index in [9.17, 15) is 14.9 Å². The molecule has 0 aliphatic carbocycles. The van der Waals surface area contributed by atoms with Gasteiger partial charge in [0, 0.05) is 31.8 Å². The van der Waals surface area contributed by atoms with Crippen LogP contribution in [0.5, 0.6) is 0 Å². The molecule has 0 radical (unpaired) electrons. The molecule has 0 aromatic heterocycles. The quantitative estimate of drug-likeness (QED) is 0.621. The number of amides is 2. The summed E-state index contributed by atoms with van der Waals surface area (Å²) < 4.78 is 0. The Balaban J connectivity index is 2.93. The number of aliphatic hydroxyl groups is 1. The van der Waals surface area contributed by atoms with Gasteiger partial charge in [0.15, 0.2) is 0 Å². The van der Waals surface area contributed by atoms with Crippen LogP contribution in [0.25, 0.3) is 0 Å². The predicted octanol–water partition coefficient (Wildman–Crippen LogP) is 3.17. The Labute approximate surface area is 136 Å². The van der Waals surface area contributed by atoms with Crippen molar-refractivity contribution >= 4 is 17.4 Å². The molecule has 0 unspecified atom stereocenters. The van der Waals surface area contributed by atoms with Crippen molar-refractivity contribution in [3.05, 3.63) is 33.9 Å². The first-order chi connectivity index (χ1) is 10.6. The number of nitrogens with one attached hydrogen (secondary N) is 1. The van der Waals surface area contributed by atoms with Gasteiger partial charge in [-0.15, -0.1) is 0 Å². The predicted molar refractivity (Wildman–Crippen MR) is 89.6 cm³/mol. The summed E-state index contributed by atoms with van der Waals surface area (Å²) >= 11 is 0. The molecule has 1 aromatic rings. The second-order valence-corrected chi connectivity index (χ2v) is 6.75. The summed E-state index contributed by atoms with van der Waals surface area (Å²) in [5, 5.41) is 22.6. The summed E-state index contributed by atoms with van der Waals surface area (Å²) in [6.07, 6.45) is 0.484. The number of benzene rings is 1. The number of nitrogens with zero attached hydrogens (tertiary/aromatic N) is 2. The summed E-state index contributed by atoms with van der Waals surface area (Å²) in [5.74, 6) is 0. The summed E-state index contributed by atoms with van der Waals surface area (Å²) in [5.41, 5.74) is 1.02. The van der Waals surface area contributed by atoms with Crippen molar-refractivity contribution in [2.45, 2.75) is 34.1 Å². The maximum absolute atomic E-state index is 12.5. The second kappa shape index (κ2) is 7.92. The summed E-state index contributed by atoms with van der Waals surface area (Å²) in [7, 11) is 0. The number of anilines is 1. The molecule has 0 heterocycles. The fourth-order valence-corrected chi connectivity index (χ4v) is 2.14. The van der Waals surface area contributed by atoms with Crippen LogP contribution in [0.15, 0.2) is 18.2 Å². The van der Waals surface area contributed by atoms with E-state index in [1.807, 2.05) is 20.8 Å². The maximum atomic E-state index is 12.5. The Morgan fingerprint density at radius 1 is 1.39 bits per heavy atom. The van der Waals surface area contributed by atoms with Crippen LogP contribution >= 0.6 is 0 Å². The normalized spacial score (nSPS) is 11.2. The van der Waals surface area contributed by atoms with Crippen LogP contribution in [0.3, 0.4) is 0 Å². The SMILES string of the molecule is Cc1ccc([N+](=O)[O-])cc1NC(=O)N(CCCO)CC(C)(C)C. The van der Waals surface area contributed by atoms with Crippen molar-refractivity contribution in [1.29, 1.82) is 0 Å². The minimum absolute atomic E-state index is 0.00373. The van der Waals surface area contributed by atoms with E-state index in [2.05, 4.69) is 5.32 Å². The number of rotatable bonds is 6. The summed E-state index contributed by atoms with van der Waals surface area (Å²) in [4.78, 5) is 24.5. The monoisotopic (exact) mass is 323 g/mol. The maximum Gasteiger partial charge on any atom is 0.321 e. The Bertz CT molecular complexity index is 567. The van der Waals surface area contributed by atoms with E-state index < -0.39 is 4.92 Å². The van der Waals surface area contributed by atoms with E-state index >= 15 is 0 Å². The van der Waals surface area contributed by atoms with Gasteiger partial charge in [-0.2, -0.15) is 0 Å². The van der Waals surface area contributed by atoms with E-state index in [1.165, 1.54) is 12.1 Å². The van der Waals surface area contributed by atoms with Gasteiger partial charge in [-0.05, 0) is 24.3 Å². The lowest BCUT2D eigenvalue weighted by molar-refractivity contribution is -0.384. The van der Waals surface area contributed by atoms with Gasteiger partial charge in [-0.25, -0.2) is 4.79 Å². The molecule has 0 atom stereocenters. The molecular formula is C16H25N3O4. The zero-order chi connectivity index (χ0) is 17.6. The van der Waals surface area contributed by atoms with Gasteiger partial charge in [-0.3, -0.25) is 10.1 Å². The molecule has 2 N–H and O–H groups in total. The number of urea groups is 1. The van der Waals surface area contributed by atoms with Crippen LogP contribution in [0.2, 0.25) is 0 Å². The van der Waals surface area contributed by atoms with Crippen LogP contribution in [-0.4, -0.2) is 40.7 Å². The molecule has 0 aliphatic rings. The number of nitro groups is 1. The zero-order valence-electron chi connectivity index (χ0n) is 14.1. The number of non-ortho nitro benzene ring substituents is 1. The highest BCUT2D eigenvalue weighted by Gasteiger charge is 2.21. The number of aryl methyl sites for hydroxylation is 1. The molecule has 128 valence electrons. The van der Waals surface area contributed by atoms with Crippen molar-refractivity contribution in [3.8, 4) is 0 Å². The lowest BCUT2D eigenvalue weighted by Gasteiger charge is -2.30. The fraction of sp³-hybridized carbons (Fsp3) is 0.562. The van der Waals surface area contributed by atoms with E-state index in [0.29, 0.717) is 25.2 Å². The van der Waals surface area contributed by atoms with Crippen LogP contribution in [0.1, 0.15) is 32.8 Å². The van der Waals surface area contributed by atoms with Gasteiger partial charge in [0.05, 0.1) is 10.6 Å². The molecule has 1 aromatic carbocycles. The van der Waals surface area contributed by atoms with E-state index in [1.54, 1.807) is 17.9 Å². The molecule has 0 saturated heterocycles. The number of hydrogen-bond donors (Lipinski definition) is 2. The number of hydrogen-bond acceptors (Lipinski definition) is 4. The average Bonchev–Trinajstić information content (AvgIpc) is 2.44. The first-order valence-electron chi connectivity index (χ1n) is 7.56. The highest BCUT2D eigenvalue weighted by molar-refractivity contribution is 5.90. The van der Waals surface area contributed by atoms with Crippen molar-refractivity contribution in [3.63, 3.8) is 0 Å². The molecule has 1 rings (SSSR count). The summed E-state index contributed by atoms with van der Waals surface area (Å²) in [6, 6.07) is 4.05. The molecule has 0 spiro atoms. The lowest BCUT2D eigenvalue weighted by Crippen LogP contribution is -2.41. The van der Waals surface area contributed by atoms with Gasteiger partial charge in [-0.1, -0.05) is 26.8 Å². The zero-order valence-corrected chi connectivity index (χ0v) is 14.1. The Hall–Kier alpha value is -2.15. The smallest absolute Gasteiger partial charge is 0.321 e. The van der Waals surface area contributed by atoms with Gasteiger partial charge in [0.1, 0.15) is 0 Å². The van der Waals surface area contributed by atoms with Crippen LogP contribution in [0.4, 0.5) is 16.2 Å². The van der Waals surface area contributed by atoms with Crippen LogP contribution in [0, 0.1) is 22.5 Å². The molecule has 23 heavy (non-hydrogen) atoms. The second-order valence-electron chi connectivity index (χ2n) is 6.75.